The van der Waals surface area contributed by atoms with E-state index >= 15 is 0 Å². The van der Waals surface area contributed by atoms with E-state index in [4.69, 9.17) is 10.2 Å². The summed E-state index contributed by atoms with van der Waals surface area (Å²) in [5, 5.41) is 26.2. The first kappa shape index (κ1) is 8.58. The summed E-state index contributed by atoms with van der Waals surface area (Å²) in [7, 11) is 0. The number of aliphatic hydroxyl groups is 2. The molecule has 0 aromatic rings. The van der Waals surface area contributed by atoms with Crippen molar-refractivity contribution in [2.24, 2.45) is 0 Å². The molecule has 0 atom stereocenters. The van der Waals surface area contributed by atoms with E-state index in [-0.39, 0.29) is 6.42 Å². The lowest BCUT2D eigenvalue weighted by atomic mass is 10.4. The highest BCUT2D eigenvalue weighted by atomic mass is 16.5. The zero-order valence-electron chi connectivity index (χ0n) is 5.03. The predicted octanol–water partition coefficient (Wildman–Crippen LogP) is -1.70. The first-order chi connectivity index (χ1) is 4.27. The Bertz CT molecular complexity index is 82.3. The van der Waals surface area contributed by atoms with Crippen LogP contribution in [-0.4, -0.2) is 23.0 Å². The van der Waals surface area contributed by atoms with Gasteiger partial charge in [0.1, 0.15) is 0 Å². The Kier molecular flexibility index (Phi) is 5.45. The van der Waals surface area contributed by atoms with Gasteiger partial charge in [0.25, 0.3) is 0 Å². The third-order valence-electron chi connectivity index (χ3n) is 0.746. The summed E-state index contributed by atoms with van der Waals surface area (Å²) in [5.74, 6) is 0. The average molecular weight is 133 g/mol. The van der Waals surface area contributed by atoms with Crippen LogP contribution in [0.5, 0.6) is 0 Å². The highest BCUT2D eigenvalue weighted by molar-refractivity contribution is 4.80. The fourth-order valence-electron chi connectivity index (χ4n) is 0.370. The van der Waals surface area contributed by atoms with Crippen molar-refractivity contribution in [3.05, 3.63) is 17.4 Å². The second-order valence-electron chi connectivity index (χ2n) is 1.59. The number of hydrogen-bond donors (Lipinski definition) is 3. The van der Waals surface area contributed by atoms with Crippen LogP contribution in [0.25, 0.3) is 0 Å². The number of hydrogen-bond acceptors (Lipinski definition) is 3. The van der Waals surface area contributed by atoms with E-state index in [9.17, 15) is 5.21 Å². The molecule has 0 fully saturated rings. The van der Waals surface area contributed by atoms with Crippen molar-refractivity contribution in [3.63, 3.8) is 0 Å². The standard InChI is InChI=1S/C5H11NO3/c7-5(8)3-1-2-4-6-9/h1-2,5,7-8H,3-4,6H2. The van der Waals surface area contributed by atoms with Gasteiger partial charge in [-0.05, 0) is 6.08 Å². The van der Waals surface area contributed by atoms with Crippen LogP contribution in [0.4, 0.5) is 0 Å². The van der Waals surface area contributed by atoms with E-state index < -0.39 is 6.29 Å². The molecular formula is C5H11NO3. The normalized spacial score (nSPS) is 11.6. The Labute approximate surface area is 53.4 Å². The van der Waals surface area contributed by atoms with E-state index in [0.29, 0.717) is 6.54 Å². The summed E-state index contributed by atoms with van der Waals surface area (Å²) in [4.78, 5) is 0. The number of nitrogens with two attached hydrogens (primary N) is 1. The average Bonchev–Trinajstić information content (AvgIpc) is 1.80. The van der Waals surface area contributed by atoms with Crippen molar-refractivity contribution in [2.75, 3.05) is 6.54 Å². The maximum Gasteiger partial charge on any atom is 0.154 e. The maximum absolute atomic E-state index is 9.67. The van der Waals surface area contributed by atoms with Crippen LogP contribution in [0.2, 0.25) is 0 Å². The zero-order valence-corrected chi connectivity index (χ0v) is 5.03. The van der Waals surface area contributed by atoms with Crippen molar-refractivity contribution in [2.45, 2.75) is 12.7 Å². The minimum Gasteiger partial charge on any atom is -0.636 e. The van der Waals surface area contributed by atoms with Crippen molar-refractivity contribution in [3.8, 4) is 0 Å². The molecule has 0 bridgehead atoms. The molecule has 4 nitrogen and oxygen atoms in total. The van der Waals surface area contributed by atoms with Gasteiger partial charge in [0.2, 0.25) is 0 Å². The maximum atomic E-state index is 9.67. The first-order valence-corrected chi connectivity index (χ1v) is 2.72. The molecule has 0 aromatic heterocycles. The molecule has 0 spiro atoms. The molecule has 0 aliphatic rings. The molecule has 4 heteroatoms. The zero-order chi connectivity index (χ0) is 7.11. The van der Waals surface area contributed by atoms with Gasteiger partial charge in [-0.25, -0.2) is 0 Å². The van der Waals surface area contributed by atoms with Crippen molar-refractivity contribution < 1.29 is 15.7 Å². The van der Waals surface area contributed by atoms with Crippen LogP contribution in [0.3, 0.4) is 0 Å². The molecular weight excluding hydrogens is 122 g/mol. The van der Waals surface area contributed by atoms with Gasteiger partial charge in [-0.2, -0.15) is 0 Å². The molecule has 0 radical (unpaired) electrons. The topological polar surface area (TPSA) is 80.1 Å². The first-order valence-electron chi connectivity index (χ1n) is 2.72. The summed E-state index contributed by atoms with van der Waals surface area (Å²) < 4.78 is 0. The SMILES string of the molecule is [O-][NH2+]CC=CCC(O)O. The summed E-state index contributed by atoms with van der Waals surface area (Å²) in [6.45, 7) is 0.340. The molecule has 0 aliphatic carbocycles. The molecule has 0 amide bonds. The molecule has 0 saturated heterocycles. The number of hydroxylamine groups is 1. The molecule has 0 saturated carbocycles. The van der Waals surface area contributed by atoms with Crippen molar-refractivity contribution in [1.82, 2.24) is 0 Å². The second-order valence-corrected chi connectivity index (χ2v) is 1.59. The van der Waals surface area contributed by atoms with Gasteiger partial charge in [-0.3, -0.25) is 0 Å². The monoisotopic (exact) mass is 133 g/mol. The Morgan fingerprint density at radius 2 is 2.11 bits per heavy atom. The van der Waals surface area contributed by atoms with Crippen molar-refractivity contribution in [1.29, 1.82) is 0 Å². The van der Waals surface area contributed by atoms with E-state index in [0.717, 1.165) is 5.48 Å². The van der Waals surface area contributed by atoms with Crippen LogP contribution in [0.1, 0.15) is 6.42 Å². The van der Waals surface area contributed by atoms with Gasteiger partial charge in [0.05, 0.1) is 6.54 Å². The Morgan fingerprint density at radius 3 is 2.56 bits per heavy atom. The summed E-state index contributed by atoms with van der Waals surface area (Å²) >= 11 is 0. The van der Waals surface area contributed by atoms with Gasteiger partial charge >= 0.3 is 0 Å². The molecule has 0 rings (SSSR count). The van der Waals surface area contributed by atoms with Gasteiger partial charge < -0.3 is 20.9 Å². The molecule has 54 valence electrons. The van der Waals surface area contributed by atoms with Crippen LogP contribution >= 0.6 is 0 Å². The minimum absolute atomic E-state index is 0.188. The summed E-state index contributed by atoms with van der Waals surface area (Å²) in [6.07, 6.45) is 2.03. The van der Waals surface area contributed by atoms with E-state index in [2.05, 4.69) is 0 Å². The van der Waals surface area contributed by atoms with Crippen LogP contribution in [-0.2, 0) is 0 Å². The quantitative estimate of drug-likeness (QED) is 0.243. The summed E-state index contributed by atoms with van der Waals surface area (Å²) in [6, 6.07) is 0. The fourth-order valence-corrected chi connectivity index (χ4v) is 0.370. The smallest absolute Gasteiger partial charge is 0.154 e. The van der Waals surface area contributed by atoms with Crippen LogP contribution in [0.15, 0.2) is 12.2 Å². The molecule has 0 aromatic carbocycles. The van der Waals surface area contributed by atoms with Gasteiger partial charge in [0.15, 0.2) is 6.29 Å². The highest BCUT2D eigenvalue weighted by Crippen LogP contribution is 1.85. The Morgan fingerprint density at radius 1 is 1.44 bits per heavy atom. The van der Waals surface area contributed by atoms with Crippen LogP contribution < -0.4 is 5.48 Å². The third-order valence-corrected chi connectivity index (χ3v) is 0.746. The van der Waals surface area contributed by atoms with Crippen LogP contribution in [0, 0.1) is 5.21 Å². The number of quaternary nitrogens is 1. The van der Waals surface area contributed by atoms with E-state index in [1.165, 1.54) is 0 Å². The lowest BCUT2D eigenvalue weighted by Crippen LogP contribution is -2.76. The Hall–Kier alpha value is -0.420. The molecule has 0 heterocycles. The van der Waals surface area contributed by atoms with Gasteiger partial charge in [0, 0.05) is 6.42 Å². The largest absolute Gasteiger partial charge is 0.636 e. The third kappa shape index (κ3) is 7.58. The minimum atomic E-state index is -1.30. The lowest BCUT2D eigenvalue weighted by molar-refractivity contribution is -0.578. The molecule has 9 heavy (non-hydrogen) atoms. The van der Waals surface area contributed by atoms with E-state index in [1.807, 2.05) is 0 Å². The highest BCUT2D eigenvalue weighted by Gasteiger charge is 1.88. The Balaban J connectivity index is 3.04. The fraction of sp³-hybridized carbons (Fsp3) is 0.600. The van der Waals surface area contributed by atoms with Gasteiger partial charge in [-0.1, -0.05) is 6.08 Å². The van der Waals surface area contributed by atoms with Crippen molar-refractivity contribution >= 4 is 0 Å². The molecule has 4 N–H and O–H groups in total. The number of rotatable bonds is 4. The molecule has 0 aliphatic heterocycles. The lowest BCUT2D eigenvalue weighted by Gasteiger charge is -1.96. The molecule has 0 unspecified atom stereocenters. The predicted molar refractivity (Wildman–Crippen MR) is 32.1 cm³/mol. The second kappa shape index (κ2) is 5.71. The van der Waals surface area contributed by atoms with E-state index in [1.54, 1.807) is 12.2 Å². The number of aliphatic hydroxyl groups excluding tert-OH is 1. The summed E-state index contributed by atoms with van der Waals surface area (Å²) in [5.41, 5.74) is 0.750. The van der Waals surface area contributed by atoms with Gasteiger partial charge in [-0.15, -0.1) is 0 Å².